The summed E-state index contributed by atoms with van der Waals surface area (Å²) in [6, 6.07) is 4.12. The number of aryl methyl sites for hydroxylation is 1. The average Bonchev–Trinajstić information content (AvgIpc) is 2.60. The number of aliphatic hydroxyl groups excluding tert-OH is 1. The van der Waals surface area contributed by atoms with E-state index in [1.807, 2.05) is 19.1 Å². The van der Waals surface area contributed by atoms with Gasteiger partial charge in [-0.25, -0.2) is 0 Å². The molecule has 0 amide bonds. The van der Waals surface area contributed by atoms with Crippen LogP contribution in [-0.4, -0.2) is 17.7 Å². The second kappa shape index (κ2) is 6.06. The van der Waals surface area contributed by atoms with Gasteiger partial charge < -0.3 is 14.8 Å². The minimum Gasteiger partial charge on any atom is -0.464 e. The van der Waals surface area contributed by atoms with Gasteiger partial charge in [-0.2, -0.15) is 0 Å². The Morgan fingerprint density at radius 1 is 1.31 bits per heavy atom. The van der Waals surface area contributed by atoms with E-state index in [1.54, 1.807) is 0 Å². The first kappa shape index (κ1) is 13.3. The largest absolute Gasteiger partial charge is 0.464 e. The molecule has 3 heteroatoms. The number of furan rings is 1. The number of nitrogens with one attached hydrogen (secondary N) is 1. The van der Waals surface area contributed by atoms with Gasteiger partial charge in [0.25, 0.3) is 0 Å². The predicted octanol–water partition coefficient (Wildman–Crippen LogP) is 2.65. The molecule has 0 fully saturated rings. The fourth-order valence-electron chi connectivity index (χ4n) is 1.84. The van der Waals surface area contributed by atoms with Crippen LogP contribution >= 0.6 is 0 Å². The fraction of sp³-hybridized carbons (Fsp3) is 0.692. The maximum absolute atomic E-state index is 9.86. The van der Waals surface area contributed by atoms with Crippen molar-refractivity contribution in [3.05, 3.63) is 23.7 Å². The van der Waals surface area contributed by atoms with Crippen LogP contribution < -0.4 is 5.32 Å². The van der Waals surface area contributed by atoms with Crippen molar-refractivity contribution in [3.8, 4) is 0 Å². The molecule has 0 saturated carbocycles. The van der Waals surface area contributed by atoms with Gasteiger partial charge >= 0.3 is 0 Å². The van der Waals surface area contributed by atoms with Crippen LogP contribution in [0, 0.1) is 12.8 Å². The van der Waals surface area contributed by atoms with Gasteiger partial charge in [0.05, 0.1) is 0 Å². The molecule has 0 spiro atoms. The first-order chi connectivity index (χ1) is 7.49. The van der Waals surface area contributed by atoms with Crippen molar-refractivity contribution in [2.45, 2.75) is 46.3 Å². The molecule has 3 nitrogen and oxygen atoms in total. The molecule has 1 aromatic rings. The van der Waals surface area contributed by atoms with Crippen molar-refractivity contribution in [2.75, 3.05) is 6.54 Å². The molecular weight excluding hydrogens is 202 g/mol. The molecule has 0 aromatic carbocycles. The fourth-order valence-corrected chi connectivity index (χ4v) is 1.84. The molecule has 2 atom stereocenters. The zero-order valence-electron chi connectivity index (χ0n) is 10.7. The summed E-state index contributed by atoms with van der Waals surface area (Å²) < 4.78 is 5.37. The molecule has 0 aliphatic rings. The monoisotopic (exact) mass is 225 g/mol. The Bertz CT molecular complexity index is 307. The van der Waals surface area contributed by atoms with E-state index in [0.717, 1.165) is 12.2 Å². The Morgan fingerprint density at radius 2 is 2.00 bits per heavy atom. The molecule has 2 N–H and O–H groups in total. The SMILES string of the molecule is Cc1ccc(C(O)CNC(C)CC(C)C)o1. The van der Waals surface area contributed by atoms with Gasteiger partial charge in [0, 0.05) is 12.6 Å². The Morgan fingerprint density at radius 3 is 2.50 bits per heavy atom. The van der Waals surface area contributed by atoms with Crippen molar-refractivity contribution in [1.29, 1.82) is 0 Å². The molecule has 2 unspecified atom stereocenters. The number of rotatable bonds is 6. The summed E-state index contributed by atoms with van der Waals surface area (Å²) in [6.07, 6.45) is 0.562. The van der Waals surface area contributed by atoms with Crippen LogP contribution in [0.3, 0.4) is 0 Å². The molecule has 0 aliphatic carbocycles. The normalized spacial score (nSPS) is 15.4. The molecule has 0 bridgehead atoms. The van der Waals surface area contributed by atoms with Crippen LogP contribution in [0.15, 0.2) is 16.5 Å². The Balaban J connectivity index is 2.32. The van der Waals surface area contributed by atoms with Gasteiger partial charge in [-0.05, 0) is 38.3 Å². The van der Waals surface area contributed by atoms with Gasteiger partial charge in [0.1, 0.15) is 17.6 Å². The van der Waals surface area contributed by atoms with Crippen LogP contribution in [0.2, 0.25) is 0 Å². The van der Waals surface area contributed by atoms with E-state index in [-0.39, 0.29) is 0 Å². The highest BCUT2D eigenvalue weighted by atomic mass is 16.4. The molecule has 16 heavy (non-hydrogen) atoms. The number of hydrogen-bond donors (Lipinski definition) is 2. The van der Waals surface area contributed by atoms with Gasteiger partial charge in [0.15, 0.2) is 0 Å². The van der Waals surface area contributed by atoms with E-state index < -0.39 is 6.10 Å². The van der Waals surface area contributed by atoms with Crippen LogP contribution in [-0.2, 0) is 0 Å². The quantitative estimate of drug-likeness (QED) is 0.782. The highest BCUT2D eigenvalue weighted by molar-refractivity contribution is 5.08. The third kappa shape index (κ3) is 4.37. The van der Waals surface area contributed by atoms with Crippen molar-refractivity contribution in [2.24, 2.45) is 5.92 Å². The van der Waals surface area contributed by atoms with Crippen LogP contribution in [0.25, 0.3) is 0 Å². The van der Waals surface area contributed by atoms with Gasteiger partial charge in [-0.1, -0.05) is 13.8 Å². The van der Waals surface area contributed by atoms with Crippen molar-refractivity contribution in [1.82, 2.24) is 5.32 Å². The summed E-state index contributed by atoms with van der Waals surface area (Å²) in [5.41, 5.74) is 0. The predicted molar refractivity (Wildman–Crippen MR) is 65.3 cm³/mol. The summed E-state index contributed by atoms with van der Waals surface area (Å²) in [6.45, 7) is 8.96. The van der Waals surface area contributed by atoms with E-state index in [4.69, 9.17) is 4.42 Å². The molecule has 1 rings (SSSR count). The van der Waals surface area contributed by atoms with E-state index in [1.165, 1.54) is 0 Å². The number of aliphatic hydroxyl groups is 1. The lowest BCUT2D eigenvalue weighted by atomic mass is 10.1. The minimum atomic E-state index is -0.552. The highest BCUT2D eigenvalue weighted by Crippen LogP contribution is 2.15. The molecule has 0 radical (unpaired) electrons. The van der Waals surface area contributed by atoms with Crippen LogP contribution in [0.5, 0.6) is 0 Å². The van der Waals surface area contributed by atoms with Crippen LogP contribution in [0.4, 0.5) is 0 Å². The highest BCUT2D eigenvalue weighted by Gasteiger charge is 2.13. The van der Waals surface area contributed by atoms with Crippen molar-refractivity contribution >= 4 is 0 Å². The topological polar surface area (TPSA) is 45.4 Å². The Labute approximate surface area is 97.9 Å². The van der Waals surface area contributed by atoms with E-state index in [9.17, 15) is 5.11 Å². The van der Waals surface area contributed by atoms with Gasteiger partial charge in [-0.3, -0.25) is 0 Å². The summed E-state index contributed by atoms with van der Waals surface area (Å²) >= 11 is 0. The first-order valence-corrected chi connectivity index (χ1v) is 5.96. The molecular formula is C13H23NO2. The maximum atomic E-state index is 9.86. The first-order valence-electron chi connectivity index (χ1n) is 5.96. The summed E-state index contributed by atoms with van der Waals surface area (Å²) in [5.74, 6) is 2.15. The molecule has 1 aromatic heterocycles. The standard InChI is InChI=1S/C13H23NO2/c1-9(2)7-10(3)14-8-12(15)13-6-5-11(4)16-13/h5-6,9-10,12,14-15H,7-8H2,1-4H3. The molecule has 0 aliphatic heterocycles. The number of hydrogen-bond acceptors (Lipinski definition) is 3. The summed E-state index contributed by atoms with van der Waals surface area (Å²) in [7, 11) is 0. The lowest BCUT2D eigenvalue weighted by molar-refractivity contribution is 0.141. The maximum Gasteiger partial charge on any atom is 0.133 e. The zero-order chi connectivity index (χ0) is 12.1. The Kier molecular flexibility index (Phi) is 5.03. The van der Waals surface area contributed by atoms with E-state index >= 15 is 0 Å². The third-order valence-corrected chi connectivity index (χ3v) is 2.57. The Hall–Kier alpha value is -0.800. The van der Waals surface area contributed by atoms with Crippen molar-refractivity contribution in [3.63, 3.8) is 0 Å². The molecule has 1 heterocycles. The van der Waals surface area contributed by atoms with Gasteiger partial charge in [0.2, 0.25) is 0 Å². The lowest BCUT2D eigenvalue weighted by Crippen LogP contribution is -2.31. The average molecular weight is 225 g/mol. The van der Waals surface area contributed by atoms with E-state index in [2.05, 4.69) is 26.1 Å². The second-order valence-corrected chi connectivity index (χ2v) is 4.90. The minimum absolute atomic E-state index is 0.422. The summed E-state index contributed by atoms with van der Waals surface area (Å²) in [5, 5.41) is 13.2. The smallest absolute Gasteiger partial charge is 0.133 e. The van der Waals surface area contributed by atoms with Crippen molar-refractivity contribution < 1.29 is 9.52 Å². The zero-order valence-corrected chi connectivity index (χ0v) is 10.7. The lowest BCUT2D eigenvalue weighted by Gasteiger charge is -2.17. The van der Waals surface area contributed by atoms with E-state index in [0.29, 0.717) is 24.3 Å². The molecule has 0 saturated heterocycles. The van der Waals surface area contributed by atoms with Crippen LogP contribution in [0.1, 0.15) is 44.8 Å². The van der Waals surface area contributed by atoms with Gasteiger partial charge in [-0.15, -0.1) is 0 Å². The molecule has 92 valence electrons. The third-order valence-electron chi connectivity index (χ3n) is 2.57. The summed E-state index contributed by atoms with van der Waals surface area (Å²) in [4.78, 5) is 0. The second-order valence-electron chi connectivity index (χ2n) is 4.90.